The first-order chi connectivity index (χ1) is 21.8. The van der Waals surface area contributed by atoms with Crippen LogP contribution in [0, 0.1) is 5.92 Å². The summed E-state index contributed by atoms with van der Waals surface area (Å²) in [5, 5.41) is 16.5. The molecule has 0 radical (unpaired) electrons. The Kier molecular flexibility index (Phi) is 6.36. The molecule has 12 nitrogen and oxygen atoms in total. The van der Waals surface area contributed by atoms with Crippen LogP contribution in [-0.4, -0.2) is 65.7 Å². The van der Waals surface area contributed by atoms with Gasteiger partial charge in [0, 0.05) is 54.0 Å². The normalized spacial score (nSPS) is 23.1. The van der Waals surface area contributed by atoms with E-state index in [1.807, 2.05) is 23.1 Å². The van der Waals surface area contributed by atoms with E-state index in [0.29, 0.717) is 17.9 Å². The molecule has 4 aliphatic rings. The van der Waals surface area contributed by atoms with Crippen LogP contribution in [0.3, 0.4) is 0 Å². The summed E-state index contributed by atoms with van der Waals surface area (Å²) in [4.78, 5) is 55.9. The average molecular weight is 607 g/mol. The quantitative estimate of drug-likeness (QED) is 0.284. The smallest absolute Gasteiger partial charge is 0.262 e. The topological polar surface area (TPSA) is 144 Å². The highest BCUT2D eigenvalue weighted by Crippen LogP contribution is 2.46. The molecule has 2 aliphatic carbocycles. The van der Waals surface area contributed by atoms with Gasteiger partial charge < -0.3 is 5.32 Å². The number of carbonyl (C=O) groups excluding carboxylic acids is 4. The molecule has 12 heteroatoms. The number of hydrogen-bond acceptors (Lipinski definition) is 8. The molecule has 1 aromatic carbocycles. The number of aromatic nitrogens is 5. The fourth-order valence-corrected chi connectivity index (χ4v) is 6.94. The zero-order valence-corrected chi connectivity index (χ0v) is 25.2. The second-order valence-corrected chi connectivity index (χ2v) is 13.0. The van der Waals surface area contributed by atoms with E-state index >= 15 is 0 Å². The average Bonchev–Trinajstić information content (AvgIpc) is 3.51. The highest BCUT2D eigenvalue weighted by Gasteiger charge is 2.44. The Morgan fingerprint density at radius 2 is 1.80 bits per heavy atom. The van der Waals surface area contributed by atoms with Gasteiger partial charge in [-0.3, -0.25) is 43.7 Å². The predicted octanol–water partition coefficient (Wildman–Crippen LogP) is 4.22. The Morgan fingerprint density at radius 1 is 1.00 bits per heavy atom. The van der Waals surface area contributed by atoms with E-state index in [-0.39, 0.29) is 30.0 Å². The summed E-state index contributed by atoms with van der Waals surface area (Å²) in [5.41, 5.74) is 5.56. The summed E-state index contributed by atoms with van der Waals surface area (Å²) < 4.78 is 4.19. The van der Waals surface area contributed by atoms with E-state index in [4.69, 9.17) is 10.1 Å². The summed E-state index contributed by atoms with van der Waals surface area (Å²) in [6.45, 7) is 4.99. The van der Waals surface area contributed by atoms with Crippen molar-refractivity contribution in [3.8, 4) is 11.3 Å². The van der Waals surface area contributed by atoms with E-state index in [1.165, 1.54) is 0 Å². The first-order valence-corrected chi connectivity index (χ1v) is 15.8. The molecule has 3 aromatic heterocycles. The molecule has 1 saturated heterocycles. The maximum Gasteiger partial charge on any atom is 0.262 e. The molecule has 1 atom stereocenters. The van der Waals surface area contributed by atoms with Crippen LogP contribution in [0.2, 0.25) is 0 Å². The van der Waals surface area contributed by atoms with E-state index < -0.39 is 29.7 Å². The first kappa shape index (κ1) is 27.7. The number of nitrogens with one attached hydrogen (secondary N) is 2. The van der Waals surface area contributed by atoms with Gasteiger partial charge in [0.1, 0.15) is 6.04 Å². The summed E-state index contributed by atoms with van der Waals surface area (Å²) in [5.74, 6) is -1.09. The van der Waals surface area contributed by atoms with Crippen LogP contribution in [0.1, 0.15) is 96.8 Å². The molecule has 4 amide bonds. The lowest BCUT2D eigenvalue weighted by atomic mass is 9.80. The van der Waals surface area contributed by atoms with Crippen LogP contribution < -0.4 is 10.6 Å². The highest BCUT2D eigenvalue weighted by atomic mass is 16.2. The van der Waals surface area contributed by atoms with Gasteiger partial charge in [-0.15, -0.1) is 0 Å². The van der Waals surface area contributed by atoms with Gasteiger partial charge in [-0.1, -0.05) is 0 Å². The van der Waals surface area contributed by atoms with Crippen molar-refractivity contribution < 1.29 is 19.2 Å². The molecule has 8 rings (SSSR count). The molecule has 4 aromatic rings. The van der Waals surface area contributed by atoms with Crippen LogP contribution in [0.5, 0.6) is 0 Å². The summed E-state index contributed by atoms with van der Waals surface area (Å²) in [6.07, 6.45) is 10.4. The van der Waals surface area contributed by atoms with Gasteiger partial charge in [0.25, 0.3) is 11.8 Å². The van der Waals surface area contributed by atoms with Crippen LogP contribution in [0.15, 0.2) is 42.9 Å². The van der Waals surface area contributed by atoms with Gasteiger partial charge >= 0.3 is 0 Å². The lowest BCUT2D eigenvalue weighted by Crippen LogP contribution is -2.54. The minimum Gasteiger partial charge on any atom is -0.385 e. The molecule has 0 spiro atoms. The molecule has 1 unspecified atom stereocenters. The molecular formula is C33H34N8O4. The van der Waals surface area contributed by atoms with E-state index in [2.05, 4.69) is 40.5 Å². The standard InChI is InChI=1S/C33H34N8O4/c1-17(2)41-30-20(15-36-41)9-10-34-29(30)25-16-39(38-28(25)19-3-4-19)22-11-18(12-22)14-35-21-5-6-23-24(13-21)33(45)40(32(23)44)26-7-8-27(42)37-31(26)43/h5-6,9-10,13,15-19,22,26,35H,3-4,7-8,11-12,14H2,1-2H3,(H,37,42,43). The summed E-state index contributed by atoms with van der Waals surface area (Å²) in [7, 11) is 0. The Morgan fingerprint density at radius 3 is 2.56 bits per heavy atom. The summed E-state index contributed by atoms with van der Waals surface area (Å²) in [6, 6.07) is 6.69. The van der Waals surface area contributed by atoms with Gasteiger partial charge in [-0.25, -0.2) is 0 Å². The SMILES string of the molecule is CC(C)n1ncc2ccnc(-c3cn(C4CC(CNc5ccc6c(c5)C(=O)N(C5CCC(=O)NC5=O)C6=O)C4)nc3C3CC3)c21. The number of amides is 4. The van der Waals surface area contributed by atoms with Crippen molar-refractivity contribution in [1.82, 2.24) is 34.8 Å². The third-order valence-corrected chi connectivity index (χ3v) is 9.59. The van der Waals surface area contributed by atoms with Crippen molar-refractivity contribution in [3.05, 3.63) is 59.7 Å². The van der Waals surface area contributed by atoms with Crippen molar-refractivity contribution >= 4 is 40.2 Å². The fraction of sp³-hybridized carbons (Fsp3) is 0.424. The number of benzene rings is 1. The zero-order valence-electron chi connectivity index (χ0n) is 25.2. The number of anilines is 1. The number of imide groups is 2. The third-order valence-electron chi connectivity index (χ3n) is 9.59. The van der Waals surface area contributed by atoms with Crippen molar-refractivity contribution in [1.29, 1.82) is 0 Å². The maximum atomic E-state index is 13.2. The number of carbonyl (C=O) groups is 4. The Bertz CT molecular complexity index is 1900. The number of nitrogens with zero attached hydrogens (tertiary/aromatic N) is 6. The lowest BCUT2D eigenvalue weighted by Gasteiger charge is -2.35. The van der Waals surface area contributed by atoms with Gasteiger partial charge in [0.15, 0.2) is 0 Å². The van der Waals surface area contributed by atoms with Gasteiger partial charge in [0.05, 0.1) is 40.3 Å². The number of piperidine rings is 1. The largest absolute Gasteiger partial charge is 0.385 e. The second kappa shape index (κ2) is 10.4. The molecule has 3 fully saturated rings. The number of pyridine rings is 1. The number of hydrogen-bond donors (Lipinski definition) is 2. The van der Waals surface area contributed by atoms with Crippen LogP contribution in [-0.2, 0) is 9.59 Å². The van der Waals surface area contributed by atoms with Crippen molar-refractivity contribution in [2.24, 2.45) is 5.92 Å². The Balaban J connectivity index is 0.946. The van der Waals surface area contributed by atoms with E-state index in [1.54, 1.807) is 18.2 Å². The monoisotopic (exact) mass is 606 g/mol. The molecule has 0 bridgehead atoms. The van der Waals surface area contributed by atoms with Crippen LogP contribution >= 0.6 is 0 Å². The molecule has 5 heterocycles. The number of rotatable bonds is 8. The predicted molar refractivity (Wildman–Crippen MR) is 164 cm³/mol. The minimum absolute atomic E-state index is 0.0948. The van der Waals surface area contributed by atoms with Crippen molar-refractivity contribution in [2.75, 3.05) is 11.9 Å². The van der Waals surface area contributed by atoms with E-state index in [9.17, 15) is 19.2 Å². The third kappa shape index (κ3) is 4.61. The molecular weight excluding hydrogens is 572 g/mol. The van der Waals surface area contributed by atoms with Gasteiger partial charge in [-0.05, 0) is 76.1 Å². The Hall–Kier alpha value is -4.87. The van der Waals surface area contributed by atoms with E-state index in [0.717, 1.165) is 70.7 Å². The van der Waals surface area contributed by atoms with Crippen LogP contribution in [0.25, 0.3) is 22.2 Å². The highest BCUT2D eigenvalue weighted by molar-refractivity contribution is 6.23. The van der Waals surface area contributed by atoms with Crippen molar-refractivity contribution in [2.45, 2.75) is 76.4 Å². The Labute approximate surface area is 259 Å². The first-order valence-electron chi connectivity index (χ1n) is 15.8. The van der Waals surface area contributed by atoms with Crippen molar-refractivity contribution in [3.63, 3.8) is 0 Å². The minimum atomic E-state index is -0.970. The van der Waals surface area contributed by atoms with Gasteiger partial charge in [-0.2, -0.15) is 10.2 Å². The maximum absolute atomic E-state index is 13.2. The molecule has 2 saturated carbocycles. The number of fused-ring (bicyclic) bond motifs is 2. The van der Waals surface area contributed by atoms with Crippen LogP contribution in [0.4, 0.5) is 5.69 Å². The molecule has 2 aliphatic heterocycles. The molecule has 45 heavy (non-hydrogen) atoms. The molecule has 230 valence electrons. The zero-order chi connectivity index (χ0) is 31.0. The molecule has 2 N–H and O–H groups in total. The second-order valence-electron chi connectivity index (χ2n) is 13.0. The van der Waals surface area contributed by atoms with Gasteiger partial charge in [0.2, 0.25) is 11.8 Å². The fourth-order valence-electron chi connectivity index (χ4n) is 6.94. The summed E-state index contributed by atoms with van der Waals surface area (Å²) >= 11 is 0. The lowest BCUT2D eigenvalue weighted by molar-refractivity contribution is -0.136.